The first-order chi connectivity index (χ1) is 11.1. The summed E-state index contributed by atoms with van der Waals surface area (Å²) in [4.78, 5) is 14.7. The van der Waals surface area contributed by atoms with Crippen LogP contribution in [-0.2, 0) is 6.18 Å². The second-order valence-corrected chi connectivity index (χ2v) is 8.20. The molecular weight excluding hydrogens is 566 g/mol. The van der Waals surface area contributed by atoms with Crippen molar-refractivity contribution in [1.82, 2.24) is 4.98 Å². The van der Waals surface area contributed by atoms with E-state index in [1.54, 1.807) is 0 Å². The predicted molar refractivity (Wildman–Crippen MR) is 94.3 cm³/mol. The van der Waals surface area contributed by atoms with Crippen molar-refractivity contribution in [3.63, 3.8) is 0 Å². The zero-order chi connectivity index (χ0) is 18.2. The molecule has 2 aromatic rings. The van der Waals surface area contributed by atoms with Crippen molar-refractivity contribution in [2.45, 2.75) is 6.18 Å². The molecule has 0 fully saturated rings. The highest BCUT2D eigenvalue weighted by molar-refractivity contribution is 9.11. The number of nitriles is 1. The van der Waals surface area contributed by atoms with Crippen LogP contribution in [0.3, 0.4) is 0 Å². The van der Waals surface area contributed by atoms with Crippen molar-refractivity contribution in [3.8, 4) is 6.07 Å². The summed E-state index contributed by atoms with van der Waals surface area (Å²) in [6.07, 6.45) is -4.82. The van der Waals surface area contributed by atoms with E-state index in [-0.39, 0.29) is 15.7 Å². The van der Waals surface area contributed by atoms with Gasteiger partial charge in [0.1, 0.15) is 10.9 Å². The summed E-state index contributed by atoms with van der Waals surface area (Å²) in [6.45, 7) is 0. The fourth-order valence-electron chi connectivity index (χ4n) is 1.62. The van der Waals surface area contributed by atoms with Crippen molar-refractivity contribution in [2.75, 3.05) is 5.32 Å². The van der Waals surface area contributed by atoms with Gasteiger partial charge in [0.25, 0.3) is 5.91 Å². The summed E-state index contributed by atoms with van der Waals surface area (Å²) in [7, 11) is 0. The molecule has 0 bridgehead atoms. The summed E-state index contributed by atoms with van der Waals surface area (Å²) >= 11 is 15.4. The number of amides is 1. The summed E-state index contributed by atoms with van der Waals surface area (Å²) in [5.41, 5.74) is -1.08. The standard InChI is InChI=1S/C12H2Br3ClF3N3OS/c13-4-1-5(14)7(6(15)3(4)2-20)21-10(23)8-9(12(17,18)19)22-11(16)24-8/h1H,(H,21,23). The van der Waals surface area contributed by atoms with Gasteiger partial charge in [0.2, 0.25) is 0 Å². The SMILES string of the molecule is N#Cc1c(Br)cc(Br)c(NC(=O)c2sc(Cl)nc2C(F)(F)F)c1Br. The minimum absolute atomic E-state index is 0.109. The quantitative estimate of drug-likeness (QED) is 0.468. The highest BCUT2D eigenvalue weighted by atomic mass is 79.9. The van der Waals surface area contributed by atoms with Crippen LogP contribution in [0.15, 0.2) is 19.5 Å². The Kier molecular flexibility index (Phi) is 5.97. The Hall–Kier alpha value is -0.670. The van der Waals surface area contributed by atoms with Crippen LogP contribution in [0.2, 0.25) is 4.47 Å². The van der Waals surface area contributed by atoms with Gasteiger partial charge >= 0.3 is 6.18 Å². The first-order valence-electron chi connectivity index (χ1n) is 5.68. The number of carbonyl (C=O) groups is 1. The number of rotatable bonds is 2. The van der Waals surface area contributed by atoms with E-state index in [0.717, 1.165) is 0 Å². The number of halogens is 7. The average molecular weight is 568 g/mol. The number of alkyl halides is 3. The van der Waals surface area contributed by atoms with Gasteiger partial charge in [-0.3, -0.25) is 4.79 Å². The van der Waals surface area contributed by atoms with E-state index in [1.807, 2.05) is 6.07 Å². The van der Waals surface area contributed by atoms with Gasteiger partial charge in [0, 0.05) is 8.95 Å². The van der Waals surface area contributed by atoms with Gasteiger partial charge in [0.15, 0.2) is 10.2 Å². The van der Waals surface area contributed by atoms with Gasteiger partial charge in [0.05, 0.1) is 15.7 Å². The molecule has 0 saturated carbocycles. The summed E-state index contributed by atoms with van der Waals surface area (Å²) in [5.74, 6) is -1.04. The molecule has 0 aliphatic heterocycles. The van der Waals surface area contributed by atoms with Crippen molar-refractivity contribution in [2.24, 2.45) is 0 Å². The van der Waals surface area contributed by atoms with Crippen LogP contribution in [0.4, 0.5) is 18.9 Å². The number of aromatic nitrogens is 1. The van der Waals surface area contributed by atoms with Gasteiger partial charge in [-0.25, -0.2) is 4.98 Å². The summed E-state index contributed by atoms with van der Waals surface area (Å²) < 4.78 is 39.4. The first kappa shape index (κ1) is 19.7. The average Bonchev–Trinajstić information content (AvgIpc) is 2.86. The van der Waals surface area contributed by atoms with E-state index in [4.69, 9.17) is 16.9 Å². The number of hydrogen-bond donors (Lipinski definition) is 1. The molecule has 0 atom stereocenters. The van der Waals surface area contributed by atoms with Crippen LogP contribution in [0.5, 0.6) is 0 Å². The molecule has 1 heterocycles. The Balaban J connectivity index is 2.48. The molecule has 2 rings (SSSR count). The lowest BCUT2D eigenvalue weighted by atomic mass is 10.2. The van der Waals surface area contributed by atoms with E-state index in [2.05, 4.69) is 58.1 Å². The van der Waals surface area contributed by atoms with Crippen molar-refractivity contribution in [1.29, 1.82) is 5.26 Å². The molecule has 4 nitrogen and oxygen atoms in total. The Morgan fingerprint density at radius 2 is 1.96 bits per heavy atom. The summed E-state index contributed by atoms with van der Waals surface area (Å²) in [6, 6.07) is 3.40. The van der Waals surface area contributed by atoms with Gasteiger partial charge in [-0.2, -0.15) is 18.4 Å². The second-order valence-electron chi connectivity index (χ2n) is 4.11. The molecule has 126 valence electrons. The van der Waals surface area contributed by atoms with Crippen LogP contribution in [0.25, 0.3) is 0 Å². The number of thiazole rings is 1. The molecule has 0 spiro atoms. The Labute approximate surface area is 167 Å². The number of carbonyl (C=O) groups excluding carboxylic acids is 1. The van der Waals surface area contributed by atoms with Gasteiger partial charge < -0.3 is 5.32 Å². The Morgan fingerprint density at radius 3 is 2.50 bits per heavy atom. The van der Waals surface area contributed by atoms with Crippen LogP contribution in [-0.4, -0.2) is 10.9 Å². The van der Waals surface area contributed by atoms with E-state index >= 15 is 0 Å². The number of nitrogens with zero attached hydrogens (tertiary/aromatic N) is 2. The second kappa shape index (κ2) is 7.29. The van der Waals surface area contributed by atoms with E-state index in [9.17, 15) is 18.0 Å². The van der Waals surface area contributed by atoms with Crippen LogP contribution in [0.1, 0.15) is 20.9 Å². The molecule has 0 aliphatic carbocycles. The smallest absolute Gasteiger partial charge is 0.319 e. The van der Waals surface area contributed by atoms with Gasteiger partial charge in [-0.05, 0) is 53.9 Å². The first-order valence-corrected chi connectivity index (χ1v) is 9.26. The fourth-order valence-corrected chi connectivity index (χ4v) is 5.14. The molecule has 1 N–H and O–H groups in total. The third-order valence-electron chi connectivity index (χ3n) is 2.60. The molecular formula is C12H2Br3ClF3N3OS. The zero-order valence-corrected chi connectivity index (χ0v) is 17.3. The van der Waals surface area contributed by atoms with Gasteiger partial charge in [-0.15, -0.1) is 0 Å². The topological polar surface area (TPSA) is 65.8 Å². The van der Waals surface area contributed by atoms with E-state index in [1.165, 1.54) is 6.07 Å². The lowest BCUT2D eigenvalue weighted by molar-refractivity contribution is -0.141. The number of anilines is 1. The zero-order valence-electron chi connectivity index (χ0n) is 10.9. The normalized spacial score (nSPS) is 11.2. The number of hydrogen-bond acceptors (Lipinski definition) is 4. The predicted octanol–water partition coefficient (Wildman–Crippen LogP) is 6.23. The molecule has 0 aliphatic rings. The molecule has 24 heavy (non-hydrogen) atoms. The maximum absolute atomic E-state index is 12.9. The molecule has 12 heteroatoms. The molecule has 1 aromatic carbocycles. The minimum Gasteiger partial charge on any atom is -0.319 e. The highest BCUT2D eigenvalue weighted by Crippen LogP contribution is 2.40. The number of nitrogens with one attached hydrogen (secondary N) is 1. The minimum atomic E-state index is -4.82. The van der Waals surface area contributed by atoms with Crippen molar-refractivity contribution >= 4 is 82.3 Å². The fraction of sp³-hybridized carbons (Fsp3) is 0.0833. The lowest BCUT2D eigenvalue weighted by Gasteiger charge is -2.12. The summed E-state index contributed by atoms with van der Waals surface area (Å²) in [5, 5.41) is 11.4. The maximum Gasteiger partial charge on any atom is 0.435 e. The van der Waals surface area contributed by atoms with Gasteiger partial charge in [-0.1, -0.05) is 22.9 Å². The van der Waals surface area contributed by atoms with Crippen molar-refractivity contribution < 1.29 is 18.0 Å². The highest BCUT2D eigenvalue weighted by Gasteiger charge is 2.39. The Morgan fingerprint density at radius 1 is 1.33 bits per heavy atom. The maximum atomic E-state index is 12.9. The van der Waals surface area contributed by atoms with Crippen LogP contribution < -0.4 is 5.32 Å². The molecule has 1 amide bonds. The van der Waals surface area contributed by atoms with E-state index in [0.29, 0.717) is 20.3 Å². The third kappa shape index (κ3) is 3.94. The third-order valence-corrected chi connectivity index (χ3v) is 5.80. The lowest BCUT2D eigenvalue weighted by Crippen LogP contribution is -2.18. The largest absolute Gasteiger partial charge is 0.435 e. The number of benzene rings is 1. The van der Waals surface area contributed by atoms with Crippen molar-refractivity contribution in [3.05, 3.63) is 40.1 Å². The Bertz CT molecular complexity index is 879. The molecule has 0 saturated heterocycles. The van der Waals surface area contributed by atoms with Crippen LogP contribution in [0, 0.1) is 11.3 Å². The van der Waals surface area contributed by atoms with Crippen LogP contribution >= 0.6 is 70.7 Å². The van der Waals surface area contributed by atoms with E-state index < -0.39 is 27.1 Å². The molecule has 0 radical (unpaired) electrons. The molecule has 1 aromatic heterocycles. The molecule has 0 unspecified atom stereocenters. The monoisotopic (exact) mass is 565 g/mol.